The molecule has 0 aromatic rings. The molecule has 1 atom stereocenters. The van der Waals surface area contributed by atoms with Gasteiger partial charge in [-0.15, -0.1) is 11.6 Å². The number of halogens is 1. The lowest BCUT2D eigenvalue weighted by Crippen LogP contribution is -2.45. The van der Waals surface area contributed by atoms with Crippen LogP contribution in [0.2, 0.25) is 0 Å². The number of urea groups is 1. The van der Waals surface area contributed by atoms with Gasteiger partial charge >= 0.3 is 6.03 Å². The predicted molar refractivity (Wildman–Crippen MR) is 71.0 cm³/mol. The molecule has 0 spiro atoms. The number of rotatable bonds is 6. The minimum atomic E-state index is -3.21. The van der Waals surface area contributed by atoms with Crippen LogP contribution in [0.15, 0.2) is 0 Å². The maximum absolute atomic E-state index is 12.0. The van der Waals surface area contributed by atoms with Crippen molar-refractivity contribution in [3.05, 3.63) is 0 Å². The third kappa shape index (κ3) is 4.99. The minimum Gasteiger partial charge on any atom is -0.352 e. The first-order valence-electron chi connectivity index (χ1n) is 6.03. The Morgan fingerprint density at radius 3 is 2.83 bits per heavy atom. The molecule has 0 bridgehead atoms. The summed E-state index contributed by atoms with van der Waals surface area (Å²) in [5.74, 6) is 0.573. The summed E-state index contributed by atoms with van der Waals surface area (Å²) in [7, 11) is -3.21. The van der Waals surface area contributed by atoms with E-state index < -0.39 is 16.1 Å². The second-order valence-electron chi connectivity index (χ2n) is 4.47. The molecule has 1 heterocycles. The van der Waals surface area contributed by atoms with Gasteiger partial charge in [-0.05, 0) is 25.2 Å². The number of primary amides is 1. The van der Waals surface area contributed by atoms with Crippen molar-refractivity contribution in [1.82, 2.24) is 9.62 Å². The number of carbonyl (C=O) groups excluding carboxylic acids is 1. The summed E-state index contributed by atoms with van der Waals surface area (Å²) in [6, 6.07) is -0.572. The monoisotopic (exact) mass is 297 g/mol. The van der Waals surface area contributed by atoms with Gasteiger partial charge < -0.3 is 11.1 Å². The van der Waals surface area contributed by atoms with Crippen LogP contribution in [-0.2, 0) is 10.0 Å². The summed E-state index contributed by atoms with van der Waals surface area (Å²) in [4.78, 5) is 10.6. The normalized spacial score (nSPS) is 21.7. The Kier molecular flexibility index (Phi) is 6.17. The first kappa shape index (κ1) is 15.5. The highest BCUT2D eigenvalue weighted by Crippen LogP contribution is 2.19. The Hall–Kier alpha value is -0.530. The van der Waals surface area contributed by atoms with Gasteiger partial charge in [-0.3, -0.25) is 0 Å². The molecule has 18 heavy (non-hydrogen) atoms. The summed E-state index contributed by atoms with van der Waals surface area (Å²) in [5.41, 5.74) is 5.00. The fraction of sp³-hybridized carbons (Fsp3) is 0.900. The molecule has 0 saturated carbocycles. The summed E-state index contributed by atoms with van der Waals surface area (Å²) in [6.07, 6.45) is 2.18. The molecule has 3 N–H and O–H groups in total. The van der Waals surface area contributed by atoms with Crippen molar-refractivity contribution in [2.75, 3.05) is 31.3 Å². The molecule has 1 unspecified atom stereocenters. The number of amides is 2. The molecule has 2 amide bonds. The second-order valence-corrected chi connectivity index (χ2v) is 6.94. The SMILES string of the molecule is NC(=O)NCC1CCCN(S(=O)(=O)CCCCl)C1. The molecule has 0 radical (unpaired) electrons. The van der Waals surface area contributed by atoms with Crippen LogP contribution < -0.4 is 11.1 Å². The number of piperidine rings is 1. The zero-order valence-electron chi connectivity index (χ0n) is 10.3. The smallest absolute Gasteiger partial charge is 0.312 e. The maximum Gasteiger partial charge on any atom is 0.312 e. The molecule has 8 heteroatoms. The van der Waals surface area contributed by atoms with Gasteiger partial charge in [0.1, 0.15) is 0 Å². The van der Waals surface area contributed by atoms with Crippen molar-refractivity contribution in [1.29, 1.82) is 0 Å². The summed E-state index contributed by atoms with van der Waals surface area (Å²) < 4.78 is 25.5. The fourth-order valence-corrected chi connectivity index (χ4v) is 3.96. The van der Waals surface area contributed by atoms with E-state index in [9.17, 15) is 13.2 Å². The molecule has 6 nitrogen and oxygen atoms in total. The van der Waals surface area contributed by atoms with E-state index in [0.29, 0.717) is 31.9 Å². The maximum atomic E-state index is 12.0. The van der Waals surface area contributed by atoms with Crippen LogP contribution in [-0.4, -0.2) is 50.0 Å². The summed E-state index contributed by atoms with van der Waals surface area (Å²) in [5, 5.41) is 2.53. The van der Waals surface area contributed by atoms with Gasteiger partial charge in [0, 0.05) is 25.5 Å². The van der Waals surface area contributed by atoms with Gasteiger partial charge in [-0.2, -0.15) is 0 Å². The first-order chi connectivity index (χ1) is 8.45. The lowest BCUT2D eigenvalue weighted by molar-refractivity contribution is 0.236. The Morgan fingerprint density at radius 2 is 2.22 bits per heavy atom. The van der Waals surface area contributed by atoms with Crippen LogP contribution in [0.5, 0.6) is 0 Å². The van der Waals surface area contributed by atoms with E-state index in [0.717, 1.165) is 12.8 Å². The third-order valence-electron chi connectivity index (χ3n) is 2.98. The van der Waals surface area contributed by atoms with Gasteiger partial charge in [-0.1, -0.05) is 0 Å². The Morgan fingerprint density at radius 1 is 1.50 bits per heavy atom. The average Bonchev–Trinajstić information content (AvgIpc) is 2.34. The zero-order chi connectivity index (χ0) is 13.6. The van der Waals surface area contributed by atoms with Crippen molar-refractivity contribution < 1.29 is 13.2 Å². The van der Waals surface area contributed by atoms with Crippen molar-refractivity contribution in [3.63, 3.8) is 0 Å². The number of nitrogens with two attached hydrogens (primary N) is 1. The van der Waals surface area contributed by atoms with Gasteiger partial charge in [0.2, 0.25) is 10.0 Å². The number of nitrogens with one attached hydrogen (secondary N) is 1. The topological polar surface area (TPSA) is 92.5 Å². The number of alkyl halides is 1. The van der Waals surface area contributed by atoms with E-state index in [4.69, 9.17) is 17.3 Å². The van der Waals surface area contributed by atoms with Crippen molar-refractivity contribution in [2.45, 2.75) is 19.3 Å². The molecule has 0 aromatic heterocycles. The highest BCUT2D eigenvalue weighted by Gasteiger charge is 2.28. The average molecular weight is 298 g/mol. The number of nitrogens with zero attached hydrogens (tertiary/aromatic N) is 1. The minimum absolute atomic E-state index is 0.0898. The van der Waals surface area contributed by atoms with Gasteiger partial charge in [0.25, 0.3) is 0 Å². The number of carbonyl (C=O) groups is 1. The molecular formula is C10H20ClN3O3S. The quantitative estimate of drug-likeness (QED) is 0.692. The molecule has 1 aliphatic heterocycles. The van der Waals surface area contributed by atoms with Gasteiger partial charge in [0.15, 0.2) is 0 Å². The third-order valence-corrected chi connectivity index (χ3v) is 5.17. The highest BCUT2D eigenvalue weighted by molar-refractivity contribution is 7.89. The Labute approximate surface area is 113 Å². The van der Waals surface area contributed by atoms with E-state index in [2.05, 4.69) is 5.32 Å². The molecule has 1 rings (SSSR count). The van der Waals surface area contributed by atoms with Crippen molar-refractivity contribution in [3.8, 4) is 0 Å². The predicted octanol–water partition coefficient (Wildman–Crippen LogP) is 0.325. The van der Waals surface area contributed by atoms with E-state index in [1.54, 1.807) is 0 Å². The molecule has 106 valence electrons. The van der Waals surface area contributed by atoms with Crippen LogP contribution >= 0.6 is 11.6 Å². The van der Waals surface area contributed by atoms with Crippen molar-refractivity contribution in [2.24, 2.45) is 11.7 Å². The molecule has 1 aliphatic rings. The van der Waals surface area contributed by atoms with Gasteiger partial charge in [-0.25, -0.2) is 17.5 Å². The molecule has 0 aromatic carbocycles. The van der Waals surface area contributed by atoms with Gasteiger partial charge in [0.05, 0.1) is 5.75 Å². The second kappa shape index (κ2) is 7.16. The first-order valence-corrected chi connectivity index (χ1v) is 8.17. The van der Waals surface area contributed by atoms with E-state index in [1.807, 2.05) is 0 Å². The van der Waals surface area contributed by atoms with Crippen LogP contribution in [0, 0.1) is 5.92 Å². The summed E-state index contributed by atoms with van der Waals surface area (Å²) >= 11 is 5.52. The number of hydrogen-bond acceptors (Lipinski definition) is 3. The van der Waals surface area contributed by atoms with Crippen LogP contribution in [0.25, 0.3) is 0 Å². The zero-order valence-corrected chi connectivity index (χ0v) is 11.8. The Bertz CT molecular complexity index is 375. The number of sulfonamides is 1. The summed E-state index contributed by atoms with van der Waals surface area (Å²) in [6.45, 7) is 1.43. The highest BCUT2D eigenvalue weighted by atomic mass is 35.5. The standard InChI is InChI=1S/C10H20ClN3O3S/c11-4-2-6-18(16,17)14-5-1-3-9(8-14)7-13-10(12)15/h9H,1-8H2,(H3,12,13,15). The molecule has 1 fully saturated rings. The van der Waals surface area contributed by atoms with Crippen LogP contribution in [0.3, 0.4) is 0 Å². The fourth-order valence-electron chi connectivity index (χ4n) is 2.06. The lowest BCUT2D eigenvalue weighted by atomic mass is 10.00. The molecule has 0 aliphatic carbocycles. The molecular weight excluding hydrogens is 278 g/mol. The van der Waals surface area contributed by atoms with E-state index >= 15 is 0 Å². The van der Waals surface area contributed by atoms with Crippen LogP contribution in [0.1, 0.15) is 19.3 Å². The lowest BCUT2D eigenvalue weighted by Gasteiger charge is -2.31. The number of hydrogen-bond donors (Lipinski definition) is 2. The van der Waals surface area contributed by atoms with Crippen LogP contribution in [0.4, 0.5) is 4.79 Å². The van der Waals surface area contributed by atoms with E-state index in [-0.39, 0.29) is 11.7 Å². The largest absolute Gasteiger partial charge is 0.352 e. The van der Waals surface area contributed by atoms with E-state index in [1.165, 1.54) is 4.31 Å². The Balaban J connectivity index is 2.49. The molecule has 1 saturated heterocycles. The van der Waals surface area contributed by atoms with Crippen molar-refractivity contribution >= 4 is 27.7 Å².